The maximum atomic E-state index is 7.93. The van der Waals surface area contributed by atoms with Crippen LogP contribution < -0.4 is 0 Å². The Hall–Kier alpha value is -6.58. The minimum absolute atomic E-state index is 0.612. The summed E-state index contributed by atoms with van der Waals surface area (Å²) in [7, 11) is 0. The summed E-state index contributed by atoms with van der Waals surface area (Å²) in [6, 6.07) is 55.1. The minimum Gasteiger partial charge on any atom is -0.354 e. The first-order valence-electron chi connectivity index (χ1n) is 21.3. The molecule has 0 aliphatic rings. The lowest BCUT2D eigenvalue weighted by molar-refractivity contribution is 1.19. The molecule has 62 heavy (non-hydrogen) atoms. The van der Waals surface area contributed by atoms with E-state index in [9.17, 15) is 0 Å². The zero-order valence-electron chi connectivity index (χ0n) is 35.6. The Morgan fingerprint density at radius 1 is 0.419 bits per heavy atom. The van der Waals surface area contributed by atoms with E-state index in [0.717, 1.165) is 55.2 Å². The van der Waals surface area contributed by atoms with Gasteiger partial charge in [-0.05, 0) is 162 Å². The van der Waals surface area contributed by atoms with Crippen molar-refractivity contribution < 1.29 is 0 Å². The maximum absolute atomic E-state index is 7.93. The van der Waals surface area contributed by atoms with Gasteiger partial charge in [-0.25, -0.2) is 0 Å². The van der Waals surface area contributed by atoms with Gasteiger partial charge in [-0.1, -0.05) is 126 Å². The third kappa shape index (κ3) is 5.92. The molecule has 2 heterocycles. The van der Waals surface area contributed by atoms with Gasteiger partial charge in [0.25, 0.3) is 0 Å². The summed E-state index contributed by atoms with van der Waals surface area (Å²) in [5.74, 6) is 0. The van der Waals surface area contributed by atoms with Crippen LogP contribution in [-0.4, -0.2) is 9.55 Å². The number of aromatic nitrogens is 2. The van der Waals surface area contributed by atoms with Gasteiger partial charge in [0.15, 0.2) is 0 Å². The quantitative estimate of drug-likeness (QED) is 0.178. The largest absolute Gasteiger partial charge is 0.354 e. The molecule has 2 nitrogen and oxygen atoms in total. The second-order valence-electron chi connectivity index (χ2n) is 17.2. The van der Waals surface area contributed by atoms with E-state index in [1.807, 2.05) is 12.1 Å². The Balaban J connectivity index is 1.22. The van der Waals surface area contributed by atoms with Crippen LogP contribution in [0.4, 0.5) is 0 Å². The van der Waals surface area contributed by atoms with Crippen LogP contribution in [0, 0.1) is 41.5 Å². The lowest BCUT2D eigenvalue weighted by Gasteiger charge is -2.18. The third-order valence-electron chi connectivity index (χ3n) is 13.2. The van der Waals surface area contributed by atoms with Crippen LogP contribution >= 0.6 is 23.2 Å². The molecule has 9 aromatic carbocycles. The van der Waals surface area contributed by atoms with Gasteiger partial charge in [-0.3, -0.25) is 0 Å². The zero-order valence-corrected chi connectivity index (χ0v) is 37.1. The van der Waals surface area contributed by atoms with Crippen molar-refractivity contribution in [2.75, 3.05) is 0 Å². The molecule has 0 bridgehead atoms. The lowest BCUT2D eigenvalue weighted by Crippen LogP contribution is -1.98. The van der Waals surface area contributed by atoms with Crippen LogP contribution in [0.2, 0.25) is 10.0 Å². The van der Waals surface area contributed by atoms with Crippen LogP contribution in [0.1, 0.15) is 33.4 Å². The Kier molecular flexibility index (Phi) is 8.98. The van der Waals surface area contributed by atoms with Crippen LogP contribution in [0.5, 0.6) is 0 Å². The van der Waals surface area contributed by atoms with Gasteiger partial charge in [0.2, 0.25) is 0 Å². The molecule has 0 amide bonds. The Morgan fingerprint density at radius 3 is 1.63 bits per heavy atom. The monoisotopic (exact) mass is 838 g/mol. The van der Waals surface area contributed by atoms with Crippen molar-refractivity contribution in [3.05, 3.63) is 195 Å². The highest BCUT2D eigenvalue weighted by Gasteiger charge is 2.23. The van der Waals surface area contributed by atoms with Crippen molar-refractivity contribution in [3.63, 3.8) is 0 Å². The van der Waals surface area contributed by atoms with Crippen LogP contribution in [-0.2, 0) is 0 Å². The fourth-order valence-electron chi connectivity index (χ4n) is 10.4. The van der Waals surface area contributed by atoms with Gasteiger partial charge >= 0.3 is 0 Å². The van der Waals surface area contributed by atoms with Gasteiger partial charge in [-0.15, -0.1) is 0 Å². The Morgan fingerprint density at radius 2 is 0.984 bits per heavy atom. The van der Waals surface area contributed by atoms with Crippen molar-refractivity contribution in [2.24, 2.45) is 0 Å². The number of aromatic amines is 1. The standard InChI is InChI=1S/C58H44Cl2N2/c1-32-12-9-13-33(2)53(32)39-21-24-50-45(26-39)48-28-41(55-36(5)16-11-17-37(55)6)29-49(57(48)61-50)47-30-42(59)31-52(56(47)60)62-51-25-22-40(54-34(3)14-10-15-35(54)4)27-46(51)44-23-20-38-18-7-8-19-43(38)58(44)62/h7-31,61H,1-6H3. The van der Waals surface area contributed by atoms with Crippen molar-refractivity contribution in [1.29, 1.82) is 0 Å². The van der Waals surface area contributed by atoms with Crippen molar-refractivity contribution in [3.8, 4) is 50.2 Å². The molecule has 300 valence electrons. The summed E-state index contributed by atoms with van der Waals surface area (Å²) in [6.45, 7) is 13.2. The second kappa shape index (κ2) is 14.5. The van der Waals surface area contributed by atoms with E-state index in [-0.39, 0.29) is 0 Å². The number of aryl methyl sites for hydroxylation is 6. The third-order valence-corrected chi connectivity index (χ3v) is 13.8. The summed E-state index contributed by atoms with van der Waals surface area (Å²) in [4.78, 5) is 3.87. The molecule has 0 aliphatic carbocycles. The highest BCUT2D eigenvalue weighted by atomic mass is 35.5. The van der Waals surface area contributed by atoms with E-state index >= 15 is 0 Å². The molecule has 0 saturated heterocycles. The van der Waals surface area contributed by atoms with E-state index in [0.29, 0.717) is 10.0 Å². The van der Waals surface area contributed by atoms with Crippen LogP contribution in [0.25, 0.3) is 105 Å². The molecule has 0 saturated carbocycles. The summed E-state index contributed by atoms with van der Waals surface area (Å²) in [5, 5.41) is 8.21. The summed E-state index contributed by atoms with van der Waals surface area (Å²) in [5.41, 5.74) is 21.8. The van der Waals surface area contributed by atoms with Crippen molar-refractivity contribution in [2.45, 2.75) is 41.5 Å². The minimum atomic E-state index is 0.612. The predicted octanol–water partition coefficient (Wildman–Crippen LogP) is 17.4. The molecular formula is C58H44Cl2N2. The van der Waals surface area contributed by atoms with Gasteiger partial charge in [-0.2, -0.15) is 0 Å². The number of halogens is 2. The second-order valence-corrected chi connectivity index (χ2v) is 18.0. The molecule has 11 aromatic rings. The molecule has 11 rings (SSSR count). The number of rotatable bonds is 5. The number of benzene rings is 9. The Bertz CT molecular complexity index is 3610. The Labute approximate surface area is 372 Å². The number of nitrogens with zero attached hydrogens (tertiary/aromatic N) is 1. The first kappa shape index (κ1) is 38.3. The lowest BCUT2D eigenvalue weighted by atomic mass is 9.90. The number of hydrogen-bond acceptors (Lipinski definition) is 0. The molecule has 2 aromatic heterocycles. The molecule has 1 N–H and O–H groups in total. The average molecular weight is 840 g/mol. The maximum Gasteiger partial charge on any atom is 0.0726 e. The molecule has 0 aliphatic heterocycles. The van der Waals surface area contributed by atoms with Crippen LogP contribution in [0.3, 0.4) is 0 Å². The first-order valence-corrected chi connectivity index (χ1v) is 22.1. The van der Waals surface area contributed by atoms with Gasteiger partial charge in [0.1, 0.15) is 0 Å². The topological polar surface area (TPSA) is 20.7 Å². The molecule has 0 atom stereocenters. The van der Waals surface area contributed by atoms with Crippen molar-refractivity contribution >= 4 is 77.6 Å². The fourth-order valence-corrected chi connectivity index (χ4v) is 10.9. The first-order chi connectivity index (χ1) is 30.0. The number of fused-ring (bicyclic) bond motifs is 8. The summed E-state index contributed by atoms with van der Waals surface area (Å²) < 4.78 is 2.34. The van der Waals surface area contributed by atoms with Gasteiger partial charge < -0.3 is 9.55 Å². The SMILES string of the molecule is Cc1cccc(C)c1-c1ccc2[nH]c3c(-c4cc(Cl)cc(-n5c6ccc(-c7c(C)cccc7C)cc6c6ccc7ccccc7c65)c4Cl)cc(-c4c(C)cccc4C)cc3c2c1. The van der Waals surface area contributed by atoms with Gasteiger partial charge in [0, 0.05) is 48.6 Å². The normalized spacial score (nSPS) is 11.9. The van der Waals surface area contributed by atoms with E-state index in [1.165, 1.54) is 82.7 Å². The highest BCUT2D eigenvalue weighted by molar-refractivity contribution is 6.38. The molecule has 0 unspecified atom stereocenters. The smallest absolute Gasteiger partial charge is 0.0726 e. The molecular weight excluding hydrogens is 796 g/mol. The van der Waals surface area contributed by atoms with E-state index in [1.54, 1.807) is 0 Å². The van der Waals surface area contributed by atoms with Crippen molar-refractivity contribution in [1.82, 2.24) is 9.55 Å². The number of nitrogens with one attached hydrogen (secondary N) is 1. The fraction of sp³-hybridized carbons (Fsp3) is 0.103. The predicted molar refractivity (Wildman–Crippen MR) is 268 cm³/mol. The molecule has 0 spiro atoms. The number of hydrogen-bond donors (Lipinski definition) is 1. The molecule has 0 radical (unpaired) electrons. The zero-order chi connectivity index (χ0) is 42.6. The summed E-state index contributed by atoms with van der Waals surface area (Å²) >= 11 is 15.3. The molecule has 4 heteroatoms. The highest BCUT2D eigenvalue weighted by Crippen LogP contribution is 2.47. The van der Waals surface area contributed by atoms with Gasteiger partial charge in [0.05, 0.1) is 27.3 Å². The summed E-state index contributed by atoms with van der Waals surface area (Å²) in [6.07, 6.45) is 0. The number of H-pyrrole nitrogens is 1. The van der Waals surface area contributed by atoms with E-state index in [4.69, 9.17) is 23.2 Å². The van der Waals surface area contributed by atoms with Crippen LogP contribution in [0.15, 0.2) is 152 Å². The van der Waals surface area contributed by atoms with E-state index < -0.39 is 0 Å². The average Bonchev–Trinajstić information content (AvgIpc) is 3.79. The van der Waals surface area contributed by atoms with E-state index in [2.05, 4.69) is 191 Å². The molecule has 0 fully saturated rings.